The lowest BCUT2D eigenvalue weighted by Crippen LogP contribution is -2.30. The van der Waals surface area contributed by atoms with Crippen LogP contribution in [0.2, 0.25) is 0 Å². The monoisotopic (exact) mass is 386 g/mol. The molecule has 2 aromatic carbocycles. The minimum Gasteiger partial charge on any atom is -0.493 e. The maximum atomic E-state index is 13.6. The number of H-pyrrole nitrogens is 1. The number of fused-ring (bicyclic) bond motifs is 1. The summed E-state index contributed by atoms with van der Waals surface area (Å²) in [7, 11) is 3.22. The zero-order chi connectivity index (χ0) is 20.3. The van der Waals surface area contributed by atoms with Crippen LogP contribution in [0.25, 0.3) is 10.9 Å². The largest absolute Gasteiger partial charge is 0.493 e. The first-order chi connectivity index (χ1) is 13.4. The topological polar surface area (TPSA) is 57.7 Å². The summed E-state index contributed by atoms with van der Waals surface area (Å²) in [5.41, 5.74) is 4.01. The molecule has 2 N–H and O–H groups in total. The number of aromatic nitrogens is 1. The molecule has 0 spiro atoms. The Balaban J connectivity index is 1.86. The van der Waals surface area contributed by atoms with Crippen LogP contribution in [-0.4, -0.2) is 41.9 Å². The summed E-state index contributed by atoms with van der Waals surface area (Å²) in [5, 5.41) is 10.8. The van der Waals surface area contributed by atoms with E-state index in [4.69, 9.17) is 9.47 Å². The molecule has 0 amide bonds. The molecule has 0 aliphatic carbocycles. The van der Waals surface area contributed by atoms with Gasteiger partial charge in [0.05, 0.1) is 20.3 Å². The Morgan fingerprint density at radius 1 is 1.07 bits per heavy atom. The first-order valence-corrected chi connectivity index (χ1v) is 9.29. The average molecular weight is 386 g/mol. The molecule has 0 saturated heterocycles. The molecule has 5 nitrogen and oxygen atoms in total. The van der Waals surface area contributed by atoms with Gasteiger partial charge in [0.25, 0.3) is 0 Å². The number of halogens is 1. The van der Waals surface area contributed by atoms with Gasteiger partial charge in [-0.05, 0) is 55.3 Å². The quantitative estimate of drug-likeness (QED) is 0.614. The van der Waals surface area contributed by atoms with E-state index in [0.717, 1.165) is 27.7 Å². The smallest absolute Gasteiger partial charge is 0.161 e. The lowest BCUT2D eigenvalue weighted by Gasteiger charge is -2.24. The summed E-state index contributed by atoms with van der Waals surface area (Å²) < 4.78 is 24.3. The Hall–Kier alpha value is -2.57. The van der Waals surface area contributed by atoms with E-state index in [1.807, 2.05) is 25.1 Å². The van der Waals surface area contributed by atoms with Crippen molar-refractivity contribution in [3.63, 3.8) is 0 Å². The molecule has 0 fully saturated rings. The number of benzene rings is 2. The standard InChI is InChI=1S/C22H27FN2O3/c1-14(26)11-25(12-16-5-8-21(27-3)22(9-16)28-4)13-20-15(2)18-10-17(23)6-7-19(18)24-20/h5-10,14,24,26H,11-13H2,1-4H3/t14-/m0/s1. The van der Waals surface area contributed by atoms with Gasteiger partial charge in [0.1, 0.15) is 5.82 Å². The van der Waals surface area contributed by atoms with Crippen LogP contribution in [0, 0.1) is 12.7 Å². The summed E-state index contributed by atoms with van der Waals surface area (Å²) in [4.78, 5) is 5.54. The van der Waals surface area contributed by atoms with E-state index in [9.17, 15) is 9.50 Å². The van der Waals surface area contributed by atoms with Crippen molar-refractivity contribution in [1.82, 2.24) is 9.88 Å². The van der Waals surface area contributed by atoms with Gasteiger partial charge >= 0.3 is 0 Å². The lowest BCUT2D eigenvalue weighted by atomic mass is 10.1. The highest BCUT2D eigenvalue weighted by Gasteiger charge is 2.16. The fourth-order valence-electron chi connectivity index (χ4n) is 3.53. The molecule has 0 unspecified atom stereocenters. The lowest BCUT2D eigenvalue weighted by molar-refractivity contribution is 0.117. The Morgan fingerprint density at radius 3 is 2.50 bits per heavy atom. The molecule has 3 rings (SSSR count). The molecular weight excluding hydrogens is 359 g/mol. The van der Waals surface area contributed by atoms with Crippen molar-refractivity contribution in [2.24, 2.45) is 0 Å². The van der Waals surface area contributed by atoms with Crippen molar-refractivity contribution < 1.29 is 19.0 Å². The van der Waals surface area contributed by atoms with Crippen molar-refractivity contribution in [1.29, 1.82) is 0 Å². The van der Waals surface area contributed by atoms with Crippen LogP contribution < -0.4 is 9.47 Å². The highest BCUT2D eigenvalue weighted by atomic mass is 19.1. The van der Waals surface area contributed by atoms with Crippen LogP contribution in [-0.2, 0) is 13.1 Å². The number of rotatable bonds is 8. The number of hydrogen-bond acceptors (Lipinski definition) is 4. The van der Waals surface area contributed by atoms with E-state index in [-0.39, 0.29) is 5.82 Å². The molecule has 1 aromatic heterocycles. The van der Waals surface area contributed by atoms with Crippen LogP contribution in [0.3, 0.4) is 0 Å². The summed E-state index contributed by atoms with van der Waals surface area (Å²) >= 11 is 0. The second-order valence-electron chi connectivity index (χ2n) is 7.13. The van der Waals surface area contributed by atoms with Crippen LogP contribution >= 0.6 is 0 Å². The van der Waals surface area contributed by atoms with Gasteiger partial charge in [-0.15, -0.1) is 0 Å². The first kappa shape index (κ1) is 20.2. The number of aromatic amines is 1. The minimum absolute atomic E-state index is 0.243. The van der Waals surface area contributed by atoms with Gasteiger partial charge in [0, 0.05) is 36.2 Å². The third-order valence-corrected chi connectivity index (χ3v) is 4.88. The molecule has 0 aliphatic heterocycles. The number of nitrogens with zero attached hydrogens (tertiary/aromatic N) is 1. The summed E-state index contributed by atoms with van der Waals surface area (Å²) in [6, 6.07) is 10.6. The van der Waals surface area contributed by atoms with Gasteiger partial charge in [-0.1, -0.05) is 6.07 Å². The average Bonchev–Trinajstić information content (AvgIpc) is 2.96. The molecule has 3 aromatic rings. The summed E-state index contributed by atoms with van der Waals surface area (Å²) in [6.07, 6.45) is -0.470. The van der Waals surface area contributed by atoms with Crippen molar-refractivity contribution in [2.45, 2.75) is 33.0 Å². The van der Waals surface area contributed by atoms with Crippen molar-refractivity contribution >= 4 is 10.9 Å². The third-order valence-electron chi connectivity index (χ3n) is 4.88. The van der Waals surface area contributed by atoms with Gasteiger partial charge in [-0.2, -0.15) is 0 Å². The van der Waals surface area contributed by atoms with Gasteiger partial charge in [0.2, 0.25) is 0 Å². The molecule has 0 aliphatic rings. The Morgan fingerprint density at radius 2 is 1.82 bits per heavy atom. The van der Waals surface area contributed by atoms with Gasteiger partial charge in [-0.25, -0.2) is 4.39 Å². The van der Waals surface area contributed by atoms with Crippen molar-refractivity contribution in [2.75, 3.05) is 20.8 Å². The number of aryl methyl sites for hydroxylation is 1. The first-order valence-electron chi connectivity index (χ1n) is 9.29. The number of aliphatic hydroxyl groups is 1. The molecule has 6 heteroatoms. The maximum absolute atomic E-state index is 13.6. The summed E-state index contributed by atoms with van der Waals surface area (Å²) in [6.45, 7) is 5.52. The molecule has 0 radical (unpaired) electrons. The Kier molecular flexibility index (Phi) is 6.21. The number of hydrogen-bond donors (Lipinski definition) is 2. The Labute approximate surface area is 164 Å². The molecular formula is C22H27FN2O3. The maximum Gasteiger partial charge on any atom is 0.161 e. The normalized spacial score (nSPS) is 12.5. The summed E-state index contributed by atoms with van der Waals surface area (Å²) in [5.74, 6) is 1.11. The zero-order valence-electron chi connectivity index (χ0n) is 16.8. The molecule has 28 heavy (non-hydrogen) atoms. The van der Waals surface area contributed by atoms with Gasteiger partial charge in [0.15, 0.2) is 11.5 Å². The van der Waals surface area contributed by atoms with E-state index in [2.05, 4.69) is 9.88 Å². The highest BCUT2D eigenvalue weighted by Crippen LogP contribution is 2.29. The third kappa shape index (κ3) is 4.46. The van der Waals surface area contributed by atoms with E-state index in [1.165, 1.54) is 6.07 Å². The second-order valence-corrected chi connectivity index (χ2v) is 7.13. The van der Waals surface area contributed by atoms with Crippen LogP contribution in [0.15, 0.2) is 36.4 Å². The van der Waals surface area contributed by atoms with Crippen LogP contribution in [0.4, 0.5) is 4.39 Å². The van der Waals surface area contributed by atoms with Crippen molar-refractivity contribution in [3.8, 4) is 11.5 Å². The van der Waals surface area contributed by atoms with E-state index in [1.54, 1.807) is 33.3 Å². The molecule has 1 atom stereocenters. The number of methoxy groups -OCH3 is 2. The zero-order valence-corrected chi connectivity index (χ0v) is 16.8. The van der Waals surface area contributed by atoms with Crippen molar-refractivity contribution in [3.05, 3.63) is 59.0 Å². The predicted octanol–water partition coefficient (Wildman–Crippen LogP) is 4.02. The number of ether oxygens (including phenoxy) is 2. The molecule has 0 saturated carbocycles. The molecule has 150 valence electrons. The van der Waals surface area contributed by atoms with E-state index < -0.39 is 6.10 Å². The number of aliphatic hydroxyl groups excluding tert-OH is 1. The van der Waals surface area contributed by atoms with E-state index in [0.29, 0.717) is 31.1 Å². The van der Waals surface area contributed by atoms with Gasteiger partial charge in [-0.3, -0.25) is 4.90 Å². The fourth-order valence-corrected chi connectivity index (χ4v) is 3.53. The van der Waals surface area contributed by atoms with Crippen LogP contribution in [0.5, 0.6) is 11.5 Å². The number of nitrogens with one attached hydrogen (secondary N) is 1. The second kappa shape index (κ2) is 8.63. The predicted molar refractivity (Wildman–Crippen MR) is 108 cm³/mol. The fraction of sp³-hybridized carbons (Fsp3) is 0.364. The SMILES string of the molecule is COc1ccc(CN(Cc2[nH]c3ccc(F)cc3c2C)C[C@H](C)O)cc1OC. The molecule has 0 bridgehead atoms. The van der Waals surface area contributed by atoms with E-state index >= 15 is 0 Å². The Bertz CT molecular complexity index is 952. The van der Waals surface area contributed by atoms with Gasteiger partial charge < -0.3 is 19.6 Å². The minimum atomic E-state index is -0.470. The highest BCUT2D eigenvalue weighted by molar-refractivity contribution is 5.84. The van der Waals surface area contributed by atoms with Crippen LogP contribution in [0.1, 0.15) is 23.7 Å². The molecule has 1 heterocycles.